The number of H-pyrrole nitrogens is 1. The summed E-state index contributed by atoms with van der Waals surface area (Å²) in [6.45, 7) is 7.36. The van der Waals surface area contributed by atoms with E-state index in [9.17, 15) is 14.4 Å². The lowest BCUT2D eigenvalue weighted by molar-refractivity contribution is 0.0954. The zero-order valence-corrected chi connectivity index (χ0v) is 23.3. The van der Waals surface area contributed by atoms with E-state index in [2.05, 4.69) is 54.1 Å². The lowest BCUT2D eigenvalue weighted by Gasteiger charge is -2.34. The van der Waals surface area contributed by atoms with E-state index in [0.717, 1.165) is 47.3 Å². The molecule has 3 aromatic rings. The molecule has 5 rings (SSSR count). The molecule has 1 saturated heterocycles. The van der Waals surface area contributed by atoms with Gasteiger partial charge in [-0.3, -0.25) is 4.79 Å². The molecule has 2 aromatic carbocycles. The molecule has 2 heterocycles. The third-order valence-corrected chi connectivity index (χ3v) is 8.22. The van der Waals surface area contributed by atoms with Gasteiger partial charge in [0.15, 0.2) is 5.82 Å². The third kappa shape index (κ3) is 5.71. The Morgan fingerprint density at radius 1 is 1.20 bits per heavy atom. The van der Waals surface area contributed by atoms with Crippen LogP contribution in [0.5, 0.6) is 0 Å². The van der Waals surface area contributed by atoms with Gasteiger partial charge in [0, 0.05) is 37.4 Å². The van der Waals surface area contributed by atoms with E-state index >= 15 is 0 Å². The van der Waals surface area contributed by atoms with Gasteiger partial charge in [-0.2, -0.15) is 10.5 Å². The standard InChI is InChI=1S/C30H36FN9O/c1-20(40-15-3-4-25(40)18-32)19-34-12-11-30(29-36-38-39-37-29)26-9-7-23(28(41)35-14-13-33-2)16-21(26)5-6-22-17-24(31)8-10-27(22)30/h7-10,16-17,25,33-34H,1,3-6,11-15,19H2,2H3,(H,35,41)(H,36,37,38,39). The Hall–Kier alpha value is -4.14. The van der Waals surface area contributed by atoms with Gasteiger partial charge in [0.25, 0.3) is 5.91 Å². The summed E-state index contributed by atoms with van der Waals surface area (Å²) in [7, 11) is 1.84. The fourth-order valence-corrected chi connectivity index (χ4v) is 6.22. The predicted octanol–water partition coefficient (Wildman–Crippen LogP) is 2.20. The SMILES string of the molecule is C=C(CNCCC1(c2nn[nH]n2)c2ccc(F)cc2CCc2cc(C(=O)NCCNC)ccc21)N1CCCC1C#N. The Morgan fingerprint density at radius 3 is 2.71 bits per heavy atom. The molecular formula is C30H36FN9O. The first-order chi connectivity index (χ1) is 20.0. The lowest BCUT2D eigenvalue weighted by Crippen LogP contribution is -2.38. The van der Waals surface area contributed by atoms with Gasteiger partial charge < -0.3 is 20.9 Å². The van der Waals surface area contributed by atoms with E-state index < -0.39 is 5.41 Å². The summed E-state index contributed by atoms with van der Waals surface area (Å²) in [5.74, 6) is 0.0524. The Morgan fingerprint density at radius 2 is 1.98 bits per heavy atom. The van der Waals surface area contributed by atoms with Crippen LogP contribution in [0.2, 0.25) is 0 Å². The number of nitriles is 1. The van der Waals surface area contributed by atoms with Crippen LogP contribution in [-0.4, -0.2) is 77.2 Å². The number of likely N-dealkylation sites (tertiary alicyclic amines) is 1. The van der Waals surface area contributed by atoms with E-state index in [0.29, 0.717) is 56.8 Å². The summed E-state index contributed by atoms with van der Waals surface area (Å²) < 4.78 is 14.5. The molecule has 1 aliphatic carbocycles. The normalized spacial score (nSPS) is 19.6. The first-order valence-corrected chi connectivity index (χ1v) is 14.1. The molecule has 2 unspecified atom stereocenters. The maximum absolute atomic E-state index is 14.5. The number of carbonyl (C=O) groups is 1. The third-order valence-electron chi connectivity index (χ3n) is 8.22. The number of nitrogens with zero attached hydrogens (tertiary/aromatic N) is 5. The molecule has 10 nitrogen and oxygen atoms in total. The van der Waals surface area contributed by atoms with Gasteiger partial charge in [0.1, 0.15) is 11.9 Å². The summed E-state index contributed by atoms with van der Waals surface area (Å²) >= 11 is 0. The highest BCUT2D eigenvalue weighted by atomic mass is 19.1. The molecule has 214 valence electrons. The molecular weight excluding hydrogens is 521 g/mol. The Labute approximate surface area is 239 Å². The number of rotatable bonds is 11. The number of aromatic nitrogens is 4. The number of tetrazole rings is 1. The number of likely N-dealkylation sites (N-methyl/N-ethyl adjacent to an activating group) is 1. The lowest BCUT2D eigenvalue weighted by atomic mass is 9.69. The smallest absolute Gasteiger partial charge is 0.251 e. The summed E-state index contributed by atoms with van der Waals surface area (Å²) in [6.07, 6.45) is 3.64. The van der Waals surface area contributed by atoms with E-state index in [-0.39, 0.29) is 17.8 Å². The number of aromatic amines is 1. The van der Waals surface area contributed by atoms with Crippen LogP contribution in [0.15, 0.2) is 48.7 Å². The van der Waals surface area contributed by atoms with Gasteiger partial charge in [-0.15, -0.1) is 10.2 Å². The Balaban J connectivity index is 1.49. The highest BCUT2D eigenvalue weighted by molar-refractivity contribution is 5.94. The minimum absolute atomic E-state index is 0.130. The number of hydrogen-bond acceptors (Lipinski definition) is 8. The van der Waals surface area contributed by atoms with Crippen molar-refractivity contribution in [3.05, 3.63) is 88.1 Å². The van der Waals surface area contributed by atoms with Gasteiger partial charge in [-0.05, 0) is 92.2 Å². The van der Waals surface area contributed by atoms with Crippen molar-refractivity contribution in [3.63, 3.8) is 0 Å². The molecule has 1 aromatic heterocycles. The fourth-order valence-electron chi connectivity index (χ4n) is 6.22. The highest BCUT2D eigenvalue weighted by Crippen LogP contribution is 2.46. The average Bonchev–Trinajstić information content (AvgIpc) is 3.68. The summed E-state index contributed by atoms with van der Waals surface area (Å²) in [5, 5.41) is 34.4. The van der Waals surface area contributed by atoms with Crippen LogP contribution in [0, 0.1) is 17.1 Å². The van der Waals surface area contributed by atoms with Gasteiger partial charge in [-0.1, -0.05) is 23.9 Å². The molecule has 1 aliphatic heterocycles. The van der Waals surface area contributed by atoms with Crippen LogP contribution in [0.1, 0.15) is 57.7 Å². The second-order valence-corrected chi connectivity index (χ2v) is 10.6. The Bertz CT molecular complexity index is 1430. The van der Waals surface area contributed by atoms with Crippen LogP contribution in [0.3, 0.4) is 0 Å². The van der Waals surface area contributed by atoms with Crippen molar-refractivity contribution >= 4 is 5.91 Å². The Kier molecular flexibility index (Phi) is 8.71. The monoisotopic (exact) mass is 557 g/mol. The molecule has 1 amide bonds. The van der Waals surface area contributed by atoms with E-state index in [1.54, 1.807) is 6.07 Å². The summed E-state index contributed by atoms with van der Waals surface area (Å²) in [4.78, 5) is 15.0. The fraction of sp³-hybridized carbons (Fsp3) is 0.433. The van der Waals surface area contributed by atoms with E-state index in [1.165, 1.54) is 6.07 Å². The molecule has 0 saturated carbocycles. The second kappa shape index (κ2) is 12.6. The molecule has 4 N–H and O–H groups in total. The van der Waals surface area contributed by atoms with Crippen molar-refractivity contribution in [1.82, 2.24) is 41.5 Å². The number of nitrogens with one attached hydrogen (secondary N) is 4. The van der Waals surface area contributed by atoms with Crippen molar-refractivity contribution in [2.45, 2.75) is 43.6 Å². The molecule has 2 aliphatic rings. The molecule has 0 radical (unpaired) electrons. The van der Waals surface area contributed by atoms with E-state index in [1.807, 2.05) is 31.3 Å². The molecule has 1 fully saturated rings. The maximum atomic E-state index is 14.5. The molecule has 0 bridgehead atoms. The molecule has 0 spiro atoms. The number of halogens is 1. The van der Waals surface area contributed by atoms with Crippen LogP contribution < -0.4 is 16.0 Å². The molecule has 2 atom stereocenters. The number of fused-ring (bicyclic) bond motifs is 2. The first-order valence-electron chi connectivity index (χ1n) is 14.1. The molecule has 41 heavy (non-hydrogen) atoms. The van der Waals surface area contributed by atoms with Crippen molar-refractivity contribution in [3.8, 4) is 6.07 Å². The minimum atomic E-state index is -0.833. The van der Waals surface area contributed by atoms with Crippen LogP contribution in [0.25, 0.3) is 0 Å². The van der Waals surface area contributed by atoms with Crippen molar-refractivity contribution < 1.29 is 9.18 Å². The average molecular weight is 558 g/mol. The van der Waals surface area contributed by atoms with Gasteiger partial charge in [-0.25, -0.2) is 4.39 Å². The summed E-state index contributed by atoms with van der Waals surface area (Å²) in [6, 6.07) is 12.9. The predicted molar refractivity (Wildman–Crippen MR) is 153 cm³/mol. The minimum Gasteiger partial charge on any atom is -0.358 e. The number of benzene rings is 2. The van der Waals surface area contributed by atoms with Gasteiger partial charge in [0.05, 0.1) is 11.5 Å². The topological polar surface area (TPSA) is 135 Å². The highest BCUT2D eigenvalue weighted by Gasteiger charge is 2.44. The number of carbonyl (C=O) groups excluding carboxylic acids is 1. The zero-order valence-electron chi connectivity index (χ0n) is 23.3. The van der Waals surface area contributed by atoms with Crippen molar-refractivity contribution in [2.75, 3.05) is 39.8 Å². The number of aryl methyl sites for hydroxylation is 2. The first kappa shape index (κ1) is 28.4. The quantitative estimate of drug-likeness (QED) is 0.264. The summed E-state index contributed by atoms with van der Waals surface area (Å²) in [5.41, 5.74) is 4.40. The second-order valence-electron chi connectivity index (χ2n) is 10.6. The van der Waals surface area contributed by atoms with Crippen molar-refractivity contribution in [1.29, 1.82) is 5.26 Å². The zero-order chi connectivity index (χ0) is 28.8. The van der Waals surface area contributed by atoms with Crippen LogP contribution in [0.4, 0.5) is 4.39 Å². The number of hydrogen-bond donors (Lipinski definition) is 4. The van der Waals surface area contributed by atoms with E-state index in [4.69, 9.17) is 0 Å². The largest absolute Gasteiger partial charge is 0.358 e. The van der Waals surface area contributed by atoms with Crippen LogP contribution >= 0.6 is 0 Å². The van der Waals surface area contributed by atoms with Crippen LogP contribution in [-0.2, 0) is 18.3 Å². The van der Waals surface area contributed by atoms with Gasteiger partial charge in [0.2, 0.25) is 0 Å². The maximum Gasteiger partial charge on any atom is 0.251 e. The van der Waals surface area contributed by atoms with Crippen molar-refractivity contribution in [2.24, 2.45) is 0 Å². The molecule has 11 heteroatoms. The number of amides is 1. The van der Waals surface area contributed by atoms with Gasteiger partial charge >= 0.3 is 0 Å².